The summed E-state index contributed by atoms with van der Waals surface area (Å²) in [6, 6.07) is 7.38. The van der Waals surface area contributed by atoms with Gasteiger partial charge in [-0.15, -0.1) is 0 Å². The molecule has 3 aromatic rings. The van der Waals surface area contributed by atoms with Crippen molar-refractivity contribution in [3.05, 3.63) is 41.7 Å². The summed E-state index contributed by atoms with van der Waals surface area (Å²) in [6.45, 7) is 1.21. The van der Waals surface area contributed by atoms with Gasteiger partial charge in [0.05, 0.1) is 13.0 Å². The predicted octanol–water partition coefficient (Wildman–Crippen LogP) is 2.70. The predicted molar refractivity (Wildman–Crippen MR) is 95.9 cm³/mol. The number of hydrogen-bond donors (Lipinski definition) is 0. The second-order valence-corrected chi connectivity index (χ2v) is 6.69. The van der Waals surface area contributed by atoms with Crippen LogP contribution in [0.4, 0.5) is 0 Å². The lowest BCUT2D eigenvalue weighted by Crippen LogP contribution is -2.39. The Bertz CT molecular complexity index is 919. The number of fused-ring (bicyclic) bond motifs is 1. The summed E-state index contributed by atoms with van der Waals surface area (Å²) in [5, 5.41) is 8.96. The van der Waals surface area contributed by atoms with Crippen LogP contribution < -0.4 is 0 Å². The molecule has 0 radical (unpaired) electrons. The minimum absolute atomic E-state index is 0.00426. The monoisotopic (exact) mass is 370 g/mol. The van der Waals surface area contributed by atoms with Crippen molar-refractivity contribution in [1.29, 1.82) is 0 Å². The van der Waals surface area contributed by atoms with E-state index < -0.39 is 0 Å². The average molecular weight is 370 g/mol. The summed E-state index contributed by atoms with van der Waals surface area (Å²) in [7, 11) is 1.64. The van der Waals surface area contributed by atoms with Crippen LogP contribution in [0.15, 0.2) is 33.3 Å². The molecule has 142 valence electrons. The molecule has 1 aliphatic rings. The molecule has 1 fully saturated rings. The summed E-state index contributed by atoms with van der Waals surface area (Å²) < 4.78 is 15.8. The topological polar surface area (TPSA) is 94.5 Å². The average Bonchev–Trinajstić information content (AvgIpc) is 3.34. The molecule has 0 aliphatic carbocycles. The maximum Gasteiger partial charge on any atom is 0.249 e. The third-order valence-corrected chi connectivity index (χ3v) is 4.89. The van der Waals surface area contributed by atoms with Gasteiger partial charge in [0.15, 0.2) is 11.4 Å². The van der Waals surface area contributed by atoms with E-state index >= 15 is 0 Å². The highest BCUT2D eigenvalue weighted by atomic mass is 16.5. The van der Waals surface area contributed by atoms with Crippen LogP contribution >= 0.6 is 0 Å². The smallest absolute Gasteiger partial charge is 0.249 e. The molecule has 1 unspecified atom stereocenters. The fourth-order valence-electron chi connectivity index (χ4n) is 3.49. The van der Waals surface area contributed by atoms with E-state index in [0.29, 0.717) is 42.6 Å². The molecule has 1 saturated heterocycles. The van der Waals surface area contributed by atoms with Gasteiger partial charge >= 0.3 is 0 Å². The zero-order valence-corrected chi connectivity index (χ0v) is 15.3. The molecule has 0 bridgehead atoms. The number of para-hydroxylation sites is 1. The third-order valence-electron chi connectivity index (χ3n) is 4.89. The Morgan fingerprint density at radius 1 is 1.26 bits per heavy atom. The first-order valence-electron chi connectivity index (χ1n) is 9.20. The minimum Gasteiger partial charge on any atom is -0.384 e. The van der Waals surface area contributed by atoms with Crippen molar-refractivity contribution >= 4 is 16.9 Å². The number of ether oxygens (including phenoxy) is 1. The van der Waals surface area contributed by atoms with E-state index in [2.05, 4.69) is 15.3 Å². The van der Waals surface area contributed by atoms with Gasteiger partial charge in [0.2, 0.25) is 11.8 Å². The van der Waals surface area contributed by atoms with E-state index in [0.717, 1.165) is 24.6 Å². The SMILES string of the molecule is COCCc1noc(C2CCCCN2C(=O)Cc2noc3ccccc23)n1. The summed E-state index contributed by atoms with van der Waals surface area (Å²) >= 11 is 0. The number of carbonyl (C=O) groups is 1. The highest BCUT2D eigenvalue weighted by Crippen LogP contribution is 2.31. The molecule has 27 heavy (non-hydrogen) atoms. The molecule has 0 saturated carbocycles. The van der Waals surface area contributed by atoms with Gasteiger partial charge in [-0.25, -0.2) is 0 Å². The third kappa shape index (κ3) is 3.71. The van der Waals surface area contributed by atoms with Crippen molar-refractivity contribution in [1.82, 2.24) is 20.2 Å². The van der Waals surface area contributed by atoms with E-state index in [1.54, 1.807) is 7.11 Å². The van der Waals surface area contributed by atoms with Crippen molar-refractivity contribution in [2.24, 2.45) is 0 Å². The summed E-state index contributed by atoms with van der Waals surface area (Å²) in [4.78, 5) is 19.3. The number of benzene rings is 1. The van der Waals surface area contributed by atoms with E-state index in [9.17, 15) is 4.79 Å². The number of nitrogens with zero attached hydrogens (tertiary/aromatic N) is 4. The van der Waals surface area contributed by atoms with Crippen LogP contribution in [-0.2, 0) is 22.4 Å². The van der Waals surface area contributed by atoms with E-state index in [-0.39, 0.29) is 18.4 Å². The van der Waals surface area contributed by atoms with Crippen molar-refractivity contribution in [2.75, 3.05) is 20.3 Å². The Hall–Kier alpha value is -2.74. The lowest BCUT2D eigenvalue weighted by Gasteiger charge is -2.33. The van der Waals surface area contributed by atoms with Crippen LogP contribution in [0.3, 0.4) is 0 Å². The zero-order chi connectivity index (χ0) is 18.6. The summed E-state index contributed by atoms with van der Waals surface area (Å²) in [6.07, 6.45) is 3.59. The number of rotatable bonds is 6. The number of carbonyl (C=O) groups excluding carboxylic acids is 1. The summed E-state index contributed by atoms with van der Waals surface area (Å²) in [5.74, 6) is 1.10. The Labute approximate surface area is 156 Å². The Kier molecular flexibility index (Phi) is 5.15. The lowest BCUT2D eigenvalue weighted by molar-refractivity contribution is -0.135. The van der Waals surface area contributed by atoms with Crippen molar-refractivity contribution < 1.29 is 18.6 Å². The van der Waals surface area contributed by atoms with Crippen LogP contribution in [0.5, 0.6) is 0 Å². The molecule has 8 heteroatoms. The molecular formula is C19H22N4O4. The fourth-order valence-corrected chi connectivity index (χ4v) is 3.49. The van der Waals surface area contributed by atoms with E-state index in [4.69, 9.17) is 13.8 Å². The molecule has 0 N–H and O–H groups in total. The maximum absolute atomic E-state index is 13.0. The molecule has 8 nitrogen and oxygen atoms in total. The Morgan fingerprint density at radius 3 is 3.04 bits per heavy atom. The van der Waals surface area contributed by atoms with Crippen molar-refractivity contribution in [3.8, 4) is 0 Å². The number of likely N-dealkylation sites (tertiary alicyclic amines) is 1. The molecule has 1 aliphatic heterocycles. The largest absolute Gasteiger partial charge is 0.384 e. The standard InChI is InChI=1S/C19H22N4O4/c1-25-11-9-17-20-19(27-22-17)15-7-4-5-10-23(15)18(24)12-14-13-6-2-3-8-16(13)26-21-14/h2-3,6,8,15H,4-5,7,9-12H2,1H3. The van der Waals surface area contributed by atoms with E-state index in [1.165, 1.54) is 0 Å². The van der Waals surface area contributed by atoms with Crippen LogP contribution in [0.25, 0.3) is 11.0 Å². The number of piperidine rings is 1. The number of amides is 1. The lowest BCUT2D eigenvalue weighted by atomic mass is 10.0. The van der Waals surface area contributed by atoms with Gasteiger partial charge in [-0.1, -0.05) is 22.4 Å². The molecule has 2 aromatic heterocycles. The zero-order valence-electron chi connectivity index (χ0n) is 15.3. The number of hydrogen-bond acceptors (Lipinski definition) is 7. The molecule has 1 amide bonds. The first-order chi connectivity index (χ1) is 13.3. The second kappa shape index (κ2) is 7.87. The van der Waals surface area contributed by atoms with Crippen LogP contribution in [0, 0.1) is 0 Å². The van der Waals surface area contributed by atoms with Crippen LogP contribution in [0.1, 0.15) is 42.7 Å². The first kappa shape index (κ1) is 17.7. The Balaban J connectivity index is 1.51. The molecule has 0 spiro atoms. The van der Waals surface area contributed by atoms with Gasteiger partial charge in [0, 0.05) is 25.5 Å². The van der Waals surface area contributed by atoms with Gasteiger partial charge in [0.1, 0.15) is 11.7 Å². The normalized spacial score (nSPS) is 17.5. The molecular weight excluding hydrogens is 348 g/mol. The maximum atomic E-state index is 13.0. The van der Waals surface area contributed by atoms with E-state index in [1.807, 2.05) is 29.2 Å². The molecule has 3 heterocycles. The fraction of sp³-hybridized carbons (Fsp3) is 0.474. The molecule has 1 aromatic carbocycles. The highest BCUT2D eigenvalue weighted by Gasteiger charge is 2.32. The minimum atomic E-state index is -0.187. The summed E-state index contributed by atoms with van der Waals surface area (Å²) in [5.41, 5.74) is 1.35. The number of methoxy groups -OCH3 is 1. The molecule has 1 atom stereocenters. The van der Waals surface area contributed by atoms with Gasteiger partial charge < -0.3 is 18.7 Å². The first-order valence-corrected chi connectivity index (χ1v) is 9.20. The van der Waals surface area contributed by atoms with Gasteiger partial charge in [0.25, 0.3) is 0 Å². The second-order valence-electron chi connectivity index (χ2n) is 6.69. The number of aromatic nitrogens is 3. The van der Waals surface area contributed by atoms with Crippen molar-refractivity contribution in [2.45, 2.75) is 38.1 Å². The molecule has 4 rings (SSSR count). The van der Waals surface area contributed by atoms with Crippen LogP contribution in [0.2, 0.25) is 0 Å². The van der Waals surface area contributed by atoms with Gasteiger partial charge in [-0.3, -0.25) is 4.79 Å². The van der Waals surface area contributed by atoms with Crippen LogP contribution in [-0.4, -0.2) is 46.4 Å². The van der Waals surface area contributed by atoms with Gasteiger partial charge in [-0.2, -0.15) is 4.98 Å². The quantitative estimate of drug-likeness (QED) is 0.658. The van der Waals surface area contributed by atoms with Gasteiger partial charge in [-0.05, 0) is 31.4 Å². The Morgan fingerprint density at radius 2 is 2.15 bits per heavy atom. The van der Waals surface area contributed by atoms with Crippen molar-refractivity contribution in [3.63, 3.8) is 0 Å². The highest BCUT2D eigenvalue weighted by molar-refractivity contribution is 5.86.